The molecule has 27 heavy (non-hydrogen) atoms. The highest BCUT2D eigenvalue weighted by atomic mass is 19.1. The van der Waals surface area contributed by atoms with Crippen LogP contribution in [0.15, 0.2) is 48.2 Å². The Morgan fingerprint density at radius 3 is 2.22 bits per heavy atom. The van der Waals surface area contributed by atoms with Crippen molar-refractivity contribution < 1.29 is 18.6 Å². The van der Waals surface area contributed by atoms with E-state index in [1.807, 2.05) is 12.1 Å². The van der Waals surface area contributed by atoms with Gasteiger partial charge < -0.3 is 19.5 Å². The van der Waals surface area contributed by atoms with Gasteiger partial charge in [0.05, 0.1) is 19.4 Å². The van der Waals surface area contributed by atoms with Gasteiger partial charge in [0.2, 0.25) is 5.79 Å². The molecule has 0 radical (unpaired) electrons. The minimum absolute atomic E-state index is 0.256. The first-order valence-electron chi connectivity index (χ1n) is 8.99. The first-order valence-corrected chi connectivity index (χ1v) is 8.99. The fraction of sp³-hybridized carbons (Fsp3) is 0.364. The van der Waals surface area contributed by atoms with Gasteiger partial charge in [-0.15, -0.1) is 0 Å². The maximum Gasteiger partial charge on any atom is 0.247 e. The summed E-state index contributed by atoms with van der Waals surface area (Å²) in [7, 11) is 4.81. The highest BCUT2D eigenvalue weighted by Crippen LogP contribution is 2.41. The van der Waals surface area contributed by atoms with Gasteiger partial charge in [0.15, 0.2) is 5.76 Å². The monoisotopic (exact) mass is 371 g/mol. The summed E-state index contributed by atoms with van der Waals surface area (Å²) in [5, 5.41) is 3.41. The van der Waals surface area contributed by atoms with Gasteiger partial charge in [0.25, 0.3) is 0 Å². The Bertz CT molecular complexity index is 839. The zero-order chi connectivity index (χ0) is 19.6. The fourth-order valence-electron chi connectivity index (χ4n) is 3.63. The van der Waals surface area contributed by atoms with E-state index in [0.29, 0.717) is 12.3 Å². The van der Waals surface area contributed by atoms with Crippen molar-refractivity contribution in [3.05, 3.63) is 65.2 Å². The van der Waals surface area contributed by atoms with E-state index in [-0.39, 0.29) is 11.7 Å². The molecule has 0 aromatic heterocycles. The molecule has 3 rings (SSSR count). The van der Waals surface area contributed by atoms with E-state index < -0.39 is 5.79 Å². The first kappa shape index (κ1) is 19.4. The molecule has 0 atom stereocenters. The highest BCUT2D eigenvalue weighted by molar-refractivity contribution is 5.85. The standard InChI is InChI=1S/C22H26FNO3/c1-14(2)17-7-6-8-18(15-9-11-16(23)12-10-15)19(17)20-21(25-3)22(26-4,27-5)13-24-20/h6-12,14,24H,13H2,1-5H3. The summed E-state index contributed by atoms with van der Waals surface area (Å²) in [6.07, 6.45) is 0. The predicted octanol–water partition coefficient (Wildman–Crippen LogP) is 4.52. The normalized spacial score (nSPS) is 16.0. The molecule has 144 valence electrons. The molecule has 2 aromatic carbocycles. The van der Waals surface area contributed by atoms with Gasteiger partial charge in [0.1, 0.15) is 5.82 Å². The van der Waals surface area contributed by atoms with Gasteiger partial charge in [-0.05, 0) is 34.7 Å². The smallest absolute Gasteiger partial charge is 0.247 e. The predicted molar refractivity (Wildman–Crippen MR) is 105 cm³/mol. The van der Waals surface area contributed by atoms with Crippen molar-refractivity contribution in [2.24, 2.45) is 0 Å². The van der Waals surface area contributed by atoms with E-state index in [1.54, 1.807) is 33.5 Å². The van der Waals surface area contributed by atoms with Gasteiger partial charge in [-0.2, -0.15) is 0 Å². The molecule has 1 aliphatic heterocycles. The zero-order valence-corrected chi connectivity index (χ0v) is 16.4. The second-order valence-electron chi connectivity index (χ2n) is 6.85. The molecule has 0 bridgehead atoms. The molecule has 0 spiro atoms. The van der Waals surface area contributed by atoms with Crippen LogP contribution in [0.1, 0.15) is 30.9 Å². The van der Waals surface area contributed by atoms with Crippen molar-refractivity contribution in [2.75, 3.05) is 27.9 Å². The van der Waals surface area contributed by atoms with Crippen molar-refractivity contribution in [1.82, 2.24) is 5.32 Å². The highest BCUT2D eigenvalue weighted by Gasteiger charge is 2.45. The van der Waals surface area contributed by atoms with Crippen molar-refractivity contribution in [3.8, 4) is 11.1 Å². The van der Waals surface area contributed by atoms with Crippen LogP contribution in [0.2, 0.25) is 0 Å². The molecule has 0 saturated heterocycles. The summed E-state index contributed by atoms with van der Waals surface area (Å²) in [4.78, 5) is 0. The molecule has 4 nitrogen and oxygen atoms in total. The minimum atomic E-state index is -0.978. The van der Waals surface area contributed by atoms with E-state index in [2.05, 4.69) is 25.2 Å². The summed E-state index contributed by atoms with van der Waals surface area (Å²) in [6, 6.07) is 12.7. The van der Waals surface area contributed by atoms with Gasteiger partial charge in [-0.1, -0.05) is 44.2 Å². The summed E-state index contributed by atoms with van der Waals surface area (Å²) in [5.74, 6) is -0.348. The summed E-state index contributed by atoms with van der Waals surface area (Å²) in [6.45, 7) is 4.73. The molecule has 1 aliphatic rings. The lowest BCUT2D eigenvalue weighted by molar-refractivity contribution is -0.188. The third kappa shape index (κ3) is 3.33. The number of ether oxygens (including phenoxy) is 3. The van der Waals surface area contributed by atoms with E-state index >= 15 is 0 Å². The van der Waals surface area contributed by atoms with Crippen LogP contribution in [-0.4, -0.2) is 33.7 Å². The average molecular weight is 371 g/mol. The Kier molecular flexibility index (Phi) is 5.53. The van der Waals surface area contributed by atoms with Crippen LogP contribution in [0, 0.1) is 5.82 Å². The molecule has 0 fully saturated rings. The Morgan fingerprint density at radius 1 is 1.00 bits per heavy atom. The Labute approximate surface area is 159 Å². The van der Waals surface area contributed by atoms with Crippen LogP contribution in [0.3, 0.4) is 0 Å². The molecule has 0 amide bonds. The van der Waals surface area contributed by atoms with E-state index in [0.717, 1.165) is 28.0 Å². The van der Waals surface area contributed by atoms with Gasteiger partial charge in [-0.3, -0.25) is 0 Å². The summed E-state index contributed by atoms with van der Waals surface area (Å²) < 4.78 is 30.5. The lowest BCUT2D eigenvalue weighted by atomic mass is 9.88. The maximum absolute atomic E-state index is 13.4. The maximum atomic E-state index is 13.4. The topological polar surface area (TPSA) is 39.7 Å². The van der Waals surface area contributed by atoms with Crippen LogP contribution in [0.4, 0.5) is 4.39 Å². The lowest BCUT2D eigenvalue weighted by Gasteiger charge is -2.27. The molecule has 2 aromatic rings. The second kappa shape index (κ2) is 7.71. The zero-order valence-electron chi connectivity index (χ0n) is 16.4. The SMILES string of the molecule is COC1=C(c2c(-c3ccc(F)cc3)cccc2C(C)C)NCC1(OC)OC. The van der Waals surface area contributed by atoms with Crippen LogP contribution in [0.5, 0.6) is 0 Å². The lowest BCUT2D eigenvalue weighted by Crippen LogP contribution is -2.39. The summed E-state index contributed by atoms with van der Waals surface area (Å²) >= 11 is 0. The van der Waals surface area contributed by atoms with Crippen molar-refractivity contribution >= 4 is 5.70 Å². The number of methoxy groups -OCH3 is 3. The van der Waals surface area contributed by atoms with Crippen molar-refractivity contribution in [1.29, 1.82) is 0 Å². The van der Waals surface area contributed by atoms with E-state index in [9.17, 15) is 4.39 Å². The number of nitrogens with one attached hydrogen (secondary N) is 1. The molecular weight excluding hydrogens is 345 g/mol. The Balaban J connectivity index is 2.29. The van der Waals surface area contributed by atoms with Crippen molar-refractivity contribution in [3.63, 3.8) is 0 Å². The van der Waals surface area contributed by atoms with Gasteiger partial charge >= 0.3 is 0 Å². The van der Waals surface area contributed by atoms with E-state index in [4.69, 9.17) is 14.2 Å². The molecule has 0 saturated carbocycles. The molecular formula is C22H26FNO3. The Morgan fingerprint density at radius 2 is 1.67 bits per heavy atom. The first-order chi connectivity index (χ1) is 13.0. The molecule has 1 N–H and O–H groups in total. The third-order valence-electron chi connectivity index (χ3n) is 5.06. The number of benzene rings is 2. The van der Waals surface area contributed by atoms with E-state index in [1.165, 1.54) is 12.1 Å². The minimum Gasteiger partial charge on any atom is -0.493 e. The van der Waals surface area contributed by atoms with Crippen LogP contribution < -0.4 is 5.32 Å². The molecule has 1 heterocycles. The fourth-order valence-corrected chi connectivity index (χ4v) is 3.63. The quantitative estimate of drug-likeness (QED) is 0.758. The van der Waals surface area contributed by atoms with Crippen LogP contribution in [0.25, 0.3) is 16.8 Å². The number of hydrogen-bond acceptors (Lipinski definition) is 4. The number of halogens is 1. The molecule has 0 unspecified atom stereocenters. The summed E-state index contributed by atoms with van der Waals surface area (Å²) in [5.41, 5.74) is 4.96. The van der Waals surface area contributed by atoms with Gasteiger partial charge in [-0.25, -0.2) is 4.39 Å². The van der Waals surface area contributed by atoms with Crippen molar-refractivity contribution in [2.45, 2.75) is 25.6 Å². The number of rotatable bonds is 6. The largest absolute Gasteiger partial charge is 0.493 e. The van der Waals surface area contributed by atoms with Gasteiger partial charge in [0, 0.05) is 19.8 Å². The molecule has 5 heteroatoms. The van der Waals surface area contributed by atoms with Crippen LogP contribution >= 0.6 is 0 Å². The Hall–Kier alpha value is -2.37. The second-order valence-corrected chi connectivity index (χ2v) is 6.85. The van der Waals surface area contributed by atoms with Crippen LogP contribution in [-0.2, 0) is 14.2 Å². The number of hydrogen-bond donors (Lipinski definition) is 1. The average Bonchev–Trinajstić information content (AvgIpc) is 3.06. The molecule has 0 aliphatic carbocycles. The third-order valence-corrected chi connectivity index (χ3v) is 5.06.